The number of carbonyl (C=O) groups is 1. The number of rotatable bonds is 5. The summed E-state index contributed by atoms with van der Waals surface area (Å²) < 4.78 is 5.50. The fourth-order valence-electron chi connectivity index (χ4n) is 1.97. The largest absolute Gasteiger partial charge is 0.459 e. The topological polar surface area (TPSA) is 38.3 Å². The zero-order chi connectivity index (χ0) is 13.9. The van der Waals surface area contributed by atoms with Crippen LogP contribution in [0.25, 0.3) is 0 Å². The fourth-order valence-corrected chi connectivity index (χ4v) is 1.97. The Morgan fingerprint density at radius 3 is 2.47 bits per heavy atom. The first kappa shape index (κ1) is 14.1. The van der Waals surface area contributed by atoms with Gasteiger partial charge in [0, 0.05) is 6.04 Å². The van der Waals surface area contributed by atoms with Gasteiger partial charge in [0.2, 0.25) is 0 Å². The second kappa shape index (κ2) is 5.74. The van der Waals surface area contributed by atoms with Crippen LogP contribution in [-0.2, 0) is 16.0 Å². The standard InChI is InChI=1S/C16H23NO2/c1-16(2,3)19-15(18)14(17-13-9-10-13)11-12-7-5-4-6-8-12/h4-8,13-14,17H,9-11H2,1-3H3. The van der Waals surface area contributed by atoms with Crippen LogP contribution in [0.15, 0.2) is 30.3 Å². The van der Waals surface area contributed by atoms with Crippen LogP contribution >= 0.6 is 0 Å². The van der Waals surface area contributed by atoms with Crippen molar-refractivity contribution in [2.45, 2.75) is 57.7 Å². The minimum Gasteiger partial charge on any atom is -0.459 e. The van der Waals surface area contributed by atoms with Gasteiger partial charge in [-0.2, -0.15) is 0 Å². The summed E-state index contributed by atoms with van der Waals surface area (Å²) in [7, 11) is 0. The first-order valence-electron chi connectivity index (χ1n) is 6.97. The maximum absolute atomic E-state index is 12.2. The van der Waals surface area contributed by atoms with Gasteiger partial charge >= 0.3 is 5.97 Å². The van der Waals surface area contributed by atoms with E-state index >= 15 is 0 Å². The van der Waals surface area contributed by atoms with Gasteiger partial charge in [0.25, 0.3) is 0 Å². The SMILES string of the molecule is CC(C)(C)OC(=O)C(Cc1ccccc1)NC1CC1. The molecule has 1 unspecified atom stereocenters. The van der Waals surface area contributed by atoms with E-state index in [2.05, 4.69) is 5.32 Å². The molecule has 3 nitrogen and oxygen atoms in total. The molecule has 1 aliphatic rings. The maximum atomic E-state index is 12.2. The maximum Gasteiger partial charge on any atom is 0.324 e. The van der Waals surface area contributed by atoms with Crippen LogP contribution in [0.4, 0.5) is 0 Å². The normalized spacial score (nSPS) is 17.0. The number of ether oxygens (including phenoxy) is 1. The highest BCUT2D eigenvalue weighted by molar-refractivity contribution is 5.76. The molecule has 19 heavy (non-hydrogen) atoms. The van der Waals surface area contributed by atoms with Crippen LogP contribution in [-0.4, -0.2) is 23.7 Å². The summed E-state index contributed by atoms with van der Waals surface area (Å²) >= 11 is 0. The molecule has 3 heteroatoms. The fraction of sp³-hybridized carbons (Fsp3) is 0.562. The Morgan fingerprint density at radius 1 is 1.32 bits per heavy atom. The molecule has 1 aromatic carbocycles. The zero-order valence-electron chi connectivity index (χ0n) is 12.0. The highest BCUT2D eigenvalue weighted by Gasteiger charge is 2.31. The number of carbonyl (C=O) groups excluding carboxylic acids is 1. The smallest absolute Gasteiger partial charge is 0.324 e. The predicted molar refractivity (Wildman–Crippen MR) is 75.9 cm³/mol. The Morgan fingerprint density at radius 2 is 1.95 bits per heavy atom. The van der Waals surface area contributed by atoms with Crippen molar-refractivity contribution in [1.29, 1.82) is 0 Å². The molecule has 0 heterocycles. The van der Waals surface area contributed by atoms with Crippen molar-refractivity contribution in [3.8, 4) is 0 Å². The first-order valence-corrected chi connectivity index (χ1v) is 6.97. The number of hydrogen-bond donors (Lipinski definition) is 1. The van der Waals surface area contributed by atoms with E-state index in [9.17, 15) is 4.79 Å². The molecule has 104 valence electrons. The molecule has 2 rings (SSSR count). The average Bonchev–Trinajstić information content (AvgIpc) is 3.11. The first-order chi connectivity index (χ1) is 8.94. The Bertz CT molecular complexity index is 418. The number of benzene rings is 1. The lowest BCUT2D eigenvalue weighted by molar-refractivity contribution is -0.157. The Labute approximate surface area is 115 Å². The third-order valence-corrected chi connectivity index (χ3v) is 2.99. The van der Waals surface area contributed by atoms with Crippen molar-refractivity contribution in [3.63, 3.8) is 0 Å². The van der Waals surface area contributed by atoms with Gasteiger partial charge in [0.05, 0.1) is 0 Å². The second-order valence-electron chi connectivity index (χ2n) is 6.22. The van der Waals surface area contributed by atoms with Gasteiger partial charge in [-0.15, -0.1) is 0 Å². The van der Waals surface area contributed by atoms with Crippen LogP contribution in [0.3, 0.4) is 0 Å². The third-order valence-electron chi connectivity index (χ3n) is 2.99. The third kappa shape index (κ3) is 5.03. The predicted octanol–water partition coefficient (Wildman–Crippen LogP) is 2.69. The summed E-state index contributed by atoms with van der Waals surface area (Å²) in [6.45, 7) is 5.71. The minimum absolute atomic E-state index is 0.150. The molecule has 0 aliphatic heterocycles. The van der Waals surface area contributed by atoms with Crippen LogP contribution in [0.1, 0.15) is 39.2 Å². The minimum atomic E-state index is -0.433. The molecule has 0 amide bonds. The Hall–Kier alpha value is -1.35. The van der Waals surface area contributed by atoms with Crippen molar-refractivity contribution in [1.82, 2.24) is 5.32 Å². The highest BCUT2D eigenvalue weighted by Crippen LogP contribution is 2.21. The van der Waals surface area contributed by atoms with Crippen LogP contribution in [0, 0.1) is 0 Å². The van der Waals surface area contributed by atoms with Crippen LogP contribution in [0.2, 0.25) is 0 Å². The van der Waals surface area contributed by atoms with E-state index in [0.29, 0.717) is 12.5 Å². The molecule has 0 radical (unpaired) electrons. The average molecular weight is 261 g/mol. The highest BCUT2D eigenvalue weighted by atomic mass is 16.6. The van der Waals surface area contributed by atoms with Crippen molar-refractivity contribution in [2.75, 3.05) is 0 Å². The van der Waals surface area contributed by atoms with Gasteiger partial charge in [-0.25, -0.2) is 0 Å². The summed E-state index contributed by atoms with van der Waals surface area (Å²) in [5.74, 6) is -0.150. The molecule has 1 aromatic rings. The summed E-state index contributed by atoms with van der Waals surface area (Å²) in [6.07, 6.45) is 3.01. The molecule has 0 bridgehead atoms. The molecule has 0 saturated heterocycles. The number of nitrogens with one attached hydrogen (secondary N) is 1. The van der Waals surface area contributed by atoms with Gasteiger partial charge in [-0.05, 0) is 45.6 Å². The van der Waals surface area contributed by atoms with Crippen LogP contribution < -0.4 is 5.32 Å². The molecule has 0 spiro atoms. The van der Waals surface area contributed by atoms with E-state index in [4.69, 9.17) is 4.74 Å². The van der Waals surface area contributed by atoms with Gasteiger partial charge in [0.1, 0.15) is 11.6 Å². The molecular weight excluding hydrogens is 238 g/mol. The number of hydrogen-bond acceptors (Lipinski definition) is 3. The van der Waals surface area contributed by atoms with E-state index in [1.807, 2.05) is 51.1 Å². The quantitative estimate of drug-likeness (QED) is 0.828. The van der Waals surface area contributed by atoms with Gasteiger partial charge in [-0.3, -0.25) is 4.79 Å². The number of esters is 1. The van der Waals surface area contributed by atoms with Crippen LogP contribution in [0.5, 0.6) is 0 Å². The van der Waals surface area contributed by atoms with Gasteiger partial charge in [-0.1, -0.05) is 30.3 Å². The van der Waals surface area contributed by atoms with Gasteiger partial charge < -0.3 is 10.1 Å². The van der Waals surface area contributed by atoms with Crippen molar-refractivity contribution >= 4 is 5.97 Å². The summed E-state index contributed by atoms with van der Waals surface area (Å²) in [5, 5.41) is 3.39. The van der Waals surface area contributed by atoms with E-state index in [-0.39, 0.29) is 12.0 Å². The van der Waals surface area contributed by atoms with Crippen molar-refractivity contribution < 1.29 is 9.53 Å². The van der Waals surface area contributed by atoms with Crippen molar-refractivity contribution in [3.05, 3.63) is 35.9 Å². The van der Waals surface area contributed by atoms with Crippen molar-refractivity contribution in [2.24, 2.45) is 0 Å². The summed E-state index contributed by atoms with van der Waals surface area (Å²) in [4.78, 5) is 12.2. The molecule has 1 aliphatic carbocycles. The molecule has 0 aromatic heterocycles. The molecule has 1 fully saturated rings. The second-order valence-corrected chi connectivity index (χ2v) is 6.22. The van der Waals surface area contributed by atoms with E-state index in [1.165, 1.54) is 0 Å². The zero-order valence-corrected chi connectivity index (χ0v) is 12.0. The Kier molecular flexibility index (Phi) is 4.25. The lowest BCUT2D eigenvalue weighted by Gasteiger charge is -2.24. The Balaban J connectivity index is 2.00. The van der Waals surface area contributed by atoms with E-state index < -0.39 is 5.60 Å². The van der Waals surface area contributed by atoms with E-state index in [0.717, 1.165) is 18.4 Å². The lowest BCUT2D eigenvalue weighted by atomic mass is 10.1. The summed E-state index contributed by atoms with van der Waals surface area (Å²) in [5.41, 5.74) is 0.726. The molecular formula is C16H23NO2. The summed E-state index contributed by atoms with van der Waals surface area (Å²) in [6, 6.07) is 10.3. The molecule has 1 saturated carbocycles. The molecule has 1 atom stereocenters. The lowest BCUT2D eigenvalue weighted by Crippen LogP contribution is -2.43. The van der Waals surface area contributed by atoms with Gasteiger partial charge in [0.15, 0.2) is 0 Å². The molecule has 1 N–H and O–H groups in total. The van der Waals surface area contributed by atoms with E-state index in [1.54, 1.807) is 0 Å². The monoisotopic (exact) mass is 261 g/mol.